The van der Waals surface area contributed by atoms with Gasteiger partial charge in [0.25, 0.3) is 0 Å². The highest BCUT2D eigenvalue weighted by Gasteiger charge is 2.34. The molecule has 2 aromatic rings. The second kappa shape index (κ2) is 6.90. The highest BCUT2D eigenvalue weighted by atomic mass is 16.3. The van der Waals surface area contributed by atoms with Gasteiger partial charge in [-0.1, -0.05) is 19.3 Å². The maximum atomic E-state index is 12.5. The molecule has 2 N–H and O–H groups in total. The van der Waals surface area contributed by atoms with Gasteiger partial charge in [0.2, 0.25) is 5.91 Å². The Morgan fingerprint density at radius 2 is 1.74 bits per heavy atom. The lowest BCUT2D eigenvalue weighted by atomic mass is 9.71. The highest BCUT2D eigenvalue weighted by molar-refractivity contribution is 5.91. The Labute approximate surface area is 137 Å². The van der Waals surface area contributed by atoms with Crippen LogP contribution in [0.1, 0.15) is 38.5 Å². The average molecular weight is 312 g/mol. The summed E-state index contributed by atoms with van der Waals surface area (Å²) < 4.78 is 2.19. The number of hydrogen-bond donors (Lipinski definition) is 2. The molecule has 0 bridgehead atoms. The third-order valence-electron chi connectivity index (χ3n) is 4.79. The zero-order chi connectivity index (χ0) is 16.1. The molecule has 0 atom stereocenters. The molecule has 1 saturated carbocycles. The minimum absolute atomic E-state index is 0.0538. The van der Waals surface area contributed by atoms with Gasteiger partial charge in [-0.05, 0) is 54.7 Å². The summed E-state index contributed by atoms with van der Waals surface area (Å²) >= 11 is 0. The van der Waals surface area contributed by atoms with E-state index < -0.39 is 0 Å². The van der Waals surface area contributed by atoms with E-state index in [0.29, 0.717) is 6.42 Å². The van der Waals surface area contributed by atoms with Crippen molar-refractivity contribution in [2.24, 2.45) is 5.41 Å². The van der Waals surface area contributed by atoms with Gasteiger partial charge in [0.05, 0.1) is 0 Å². The predicted molar refractivity (Wildman–Crippen MR) is 91.3 cm³/mol. The molecule has 0 saturated heterocycles. The molecule has 1 amide bonds. The summed E-state index contributed by atoms with van der Waals surface area (Å²) in [6, 6.07) is 10.7. The Morgan fingerprint density at radius 3 is 2.39 bits per heavy atom. The zero-order valence-electron chi connectivity index (χ0n) is 13.4. The van der Waals surface area contributed by atoms with Crippen LogP contribution in [0, 0.1) is 5.41 Å². The van der Waals surface area contributed by atoms with Crippen LogP contribution in [0.25, 0.3) is 0 Å². The van der Waals surface area contributed by atoms with Gasteiger partial charge >= 0.3 is 0 Å². The fraction of sp³-hybridized carbons (Fsp3) is 0.421. The van der Waals surface area contributed by atoms with Crippen molar-refractivity contribution in [3.8, 4) is 5.75 Å². The first-order valence-corrected chi connectivity index (χ1v) is 8.35. The summed E-state index contributed by atoms with van der Waals surface area (Å²) in [5.41, 5.74) is 0.790. The molecule has 122 valence electrons. The van der Waals surface area contributed by atoms with Crippen LogP contribution in [0.15, 0.2) is 48.8 Å². The molecule has 0 radical (unpaired) electrons. The number of aromatic hydroxyl groups is 1. The first-order valence-electron chi connectivity index (χ1n) is 8.35. The van der Waals surface area contributed by atoms with Crippen molar-refractivity contribution in [1.82, 2.24) is 4.57 Å². The fourth-order valence-electron chi connectivity index (χ4n) is 3.65. The smallest absolute Gasteiger partial charge is 0.224 e. The Hall–Kier alpha value is -2.23. The number of nitrogens with one attached hydrogen (secondary N) is 1. The second-order valence-electron chi connectivity index (χ2n) is 6.69. The van der Waals surface area contributed by atoms with Gasteiger partial charge in [-0.2, -0.15) is 0 Å². The molecule has 1 aromatic carbocycles. The molecule has 1 fully saturated rings. The summed E-state index contributed by atoms with van der Waals surface area (Å²) in [6.07, 6.45) is 10.6. The number of hydrogen-bond acceptors (Lipinski definition) is 2. The van der Waals surface area contributed by atoms with E-state index in [1.54, 1.807) is 24.3 Å². The van der Waals surface area contributed by atoms with E-state index in [1.807, 2.05) is 12.1 Å². The van der Waals surface area contributed by atoms with Gasteiger partial charge in [0, 0.05) is 31.0 Å². The SMILES string of the molecule is O=C(CC1(Cn2cccc2)CCCCC1)Nc1ccc(O)cc1. The van der Waals surface area contributed by atoms with Gasteiger partial charge < -0.3 is 15.0 Å². The van der Waals surface area contributed by atoms with Crippen LogP contribution in [-0.2, 0) is 11.3 Å². The largest absolute Gasteiger partial charge is 0.508 e. The van der Waals surface area contributed by atoms with Crippen LogP contribution in [0.5, 0.6) is 5.75 Å². The molecule has 4 heteroatoms. The first-order chi connectivity index (χ1) is 11.2. The molecule has 1 heterocycles. The molecular weight excluding hydrogens is 288 g/mol. The van der Waals surface area contributed by atoms with Crippen molar-refractivity contribution < 1.29 is 9.90 Å². The van der Waals surface area contributed by atoms with Gasteiger partial charge in [0.1, 0.15) is 5.75 Å². The number of anilines is 1. The van der Waals surface area contributed by atoms with Crippen LogP contribution >= 0.6 is 0 Å². The van der Waals surface area contributed by atoms with Crippen molar-refractivity contribution in [2.45, 2.75) is 45.1 Å². The number of carbonyl (C=O) groups is 1. The van der Waals surface area contributed by atoms with Crippen LogP contribution < -0.4 is 5.32 Å². The monoisotopic (exact) mass is 312 g/mol. The molecule has 1 aromatic heterocycles. The molecule has 3 rings (SSSR count). The Bertz CT molecular complexity index is 626. The first kappa shape index (κ1) is 15.7. The molecule has 0 unspecified atom stereocenters. The molecule has 1 aliphatic rings. The maximum absolute atomic E-state index is 12.5. The minimum Gasteiger partial charge on any atom is -0.508 e. The van der Waals surface area contributed by atoms with Crippen molar-refractivity contribution >= 4 is 11.6 Å². The molecule has 23 heavy (non-hydrogen) atoms. The van der Waals surface area contributed by atoms with Gasteiger partial charge in [-0.15, -0.1) is 0 Å². The minimum atomic E-state index is 0.0538. The number of nitrogens with zero attached hydrogens (tertiary/aromatic N) is 1. The highest BCUT2D eigenvalue weighted by Crippen LogP contribution is 2.41. The topological polar surface area (TPSA) is 54.3 Å². The van der Waals surface area contributed by atoms with Crippen molar-refractivity contribution in [3.05, 3.63) is 48.8 Å². The summed E-state index contributed by atoms with van der Waals surface area (Å²) in [5.74, 6) is 0.268. The normalized spacial score (nSPS) is 16.9. The van der Waals surface area contributed by atoms with Crippen LogP contribution in [0.2, 0.25) is 0 Å². The van der Waals surface area contributed by atoms with Crippen molar-refractivity contribution in [2.75, 3.05) is 5.32 Å². The lowest BCUT2D eigenvalue weighted by molar-refractivity contribution is -0.119. The zero-order valence-corrected chi connectivity index (χ0v) is 13.4. The number of aromatic nitrogens is 1. The maximum Gasteiger partial charge on any atom is 0.224 e. The van der Waals surface area contributed by atoms with E-state index in [1.165, 1.54) is 19.3 Å². The van der Waals surface area contributed by atoms with E-state index in [9.17, 15) is 9.90 Å². The lowest BCUT2D eigenvalue weighted by Crippen LogP contribution is -2.33. The summed E-state index contributed by atoms with van der Waals surface area (Å²) in [4.78, 5) is 12.5. The number of benzene rings is 1. The van der Waals surface area contributed by atoms with E-state index >= 15 is 0 Å². The lowest BCUT2D eigenvalue weighted by Gasteiger charge is -2.37. The van der Waals surface area contributed by atoms with E-state index in [2.05, 4.69) is 22.3 Å². The molecule has 4 nitrogen and oxygen atoms in total. The van der Waals surface area contributed by atoms with Crippen molar-refractivity contribution in [3.63, 3.8) is 0 Å². The summed E-state index contributed by atoms with van der Waals surface area (Å²) in [5, 5.41) is 12.3. The molecule has 0 spiro atoms. The number of phenolic OH excluding ortho intramolecular Hbond substituents is 1. The van der Waals surface area contributed by atoms with Gasteiger partial charge in [-0.25, -0.2) is 0 Å². The molecular formula is C19H24N2O2. The van der Waals surface area contributed by atoms with E-state index in [0.717, 1.165) is 25.1 Å². The Balaban J connectivity index is 1.67. The Morgan fingerprint density at radius 1 is 1.09 bits per heavy atom. The van der Waals surface area contributed by atoms with E-state index in [-0.39, 0.29) is 17.1 Å². The van der Waals surface area contributed by atoms with E-state index in [4.69, 9.17) is 0 Å². The average Bonchev–Trinajstić information content (AvgIpc) is 3.03. The number of amides is 1. The Kier molecular flexibility index (Phi) is 4.70. The number of carbonyl (C=O) groups excluding carboxylic acids is 1. The summed E-state index contributed by atoms with van der Waals surface area (Å²) in [7, 11) is 0. The third-order valence-corrected chi connectivity index (χ3v) is 4.79. The number of phenols is 1. The van der Waals surface area contributed by atoms with Gasteiger partial charge in [0.15, 0.2) is 0 Å². The van der Waals surface area contributed by atoms with Gasteiger partial charge in [-0.3, -0.25) is 4.79 Å². The molecule has 1 aliphatic carbocycles. The standard InChI is InChI=1S/C19H24N2O2/c22-17-8-6-16(7-9-17)20-18(23)14-19(10-2-1-3-11-19)15-21-12-4-5-13-21/h4-9,12-13,22H,1-3,10-11,14-15H2,(H,20,23). The summed E-state index contributed by atoms with van der Waals surface area (Å²) in [6.45, 7) is 0.906. The van der Waals surface area contributed by atoms with Crippen LogP contribution in [0.4, 0.5) is 5.69 Å². The number of rotatable bonds is 5. The van der Waals surface area contributed by atoms with Crippen LogP contribution in [0.3, 0.4) is 0 Å². The predicted octanol–water partition coefficient (Wildman–Crippen LogP) is 4.17. The fourth-order valence-corrected chi connectivity index (χ4v) is 3.65. The third kappa shape index (κ3) is 4.15. The molecule has 0 aliphatic heterocycles. The second-order valence-corrected chi connectivity index (χ2v) is 6.69. The quantitative estimate of drug-likeness (QED) is 0.814. The van der Waals surface area contributed by atoms with Crippen LogP contribution in [-0.4, -0.2) is 15.6 Å². The van der Waals surface area contributed by atoms with Crippen molar-refractivity contribution in [1.29, 1.82) is 0 Å².